The molecule has 0 aromatic heterocycles. The molecule has 1 unspecified atom stereocenters. The summed E-state index contributed by atoms with van der Waals surface area (Å²) in [6.45, 7) is 6.64. The third-order valence-corrected chi connectivity index (χ3v) is 6.90. The van der Waals surface area contributed by atoms with Crippen molar-refractivity contribution in [2.45, 2.75) is 12.3 Å². The Hall–Kier alpha value is -0.410. The fraction of sp³-hybridized carbons (Fsp3) is 0.625. The Kier molecular flexibility index (Phi) is 5.15. The molecule has 0 aliphatic carbocycles. The Labute approximate surface area is 94.2 Å². The van der Waals surface area contributed by atoms with E-state index in [0.29, 0.717) is 0 Å². The average Bonchev–Trinajstić information content (AvgIpc) is 1.98. The molecule has 0 amide bonds. The van der Waals surface area contributed by atoms with Gasteiger partial charge in [-0.1, -0.05) is 6.58 Å². The molecule has 2 N–H and O–H groups in total. The van der Waals surface area contributed by atoms with Gasteiger partial charge in [0.05, 0.1) is 7.14 Å². The minimum atomic E-state index is -4.55. The van der Waals surface area contributed by atoms with Crippen LogP contribution in [0.4, 0.5) is 0 Å². The van der Waals surface area contributed by atoms with Crippen molar-refractivity contribution >= 4 is 20.7 Å². The summed E-state index contributed by atoms with van der Waals surface area (Å²) in [4.78, 5) is 29.0. The highest BCUT2D eigenvalue weighted by molar-refractivity contribution is 7.76. The molecule has 0 saturated carbocycles. The molecular formula is C8H16O6P2. The molecule has 0 rings (SSSR count). The number of esters is 1. The van der Waals surface area contributed by atoms with Crippen LogP contribution in [0.3, 0.4) is 0 Å². The summed E-state index contributed by atoms with van der Waals surface area (Å²) >= 11 is 0. The lowest BCUT2D eigenvalue weighted by atomic mass is 10.4. The highest BCUT2D eigenvalue weighted by Gasteiger charge is 2.39. The van der Waals surface area contributed by atoms with E-state index in [1.54, 1.807) is 0 Å². The van der Waals surface area contributed by atoms with E-state index in [-0.39, 0.29) is 5.57 Å². The fourth-order valence-corrected chi connectivity index (χ4v) is 4.51. The summed E-state index contributed by atoms with van der Waals surface area (Å²) in [6.07, 6.45) is 0. The summed E-state index contributed by atoms with van der Waals surface area (Å²) in [6, 6.07) is 0. The Morgan fingerprint density at radius 1 is 1.38 bits per heavy atom. The summed E-state index contributed by atoms with van der Waals surface area (Å²) < 4.78 is 27.3. The Balaban J connectivity index is 4.74. The van der Waals surface area contributed by atoms with Crippen LogP contribution in [-0.4, -0.2) is 41.1 Å². The van der Waals surface area contributed by atoms with Gasteiger partial charge < -0.3 is 19.1 Å². The van der Waals surface area contributed by atoms with E-state index in [0.717, 1.165) is 0 Å². The largest absolute Gasteiger partial charge is 0.461 e. The molecule has 16 heavy (non-hydrogen) atoms. The lowest BCUT2D eigenvalue weighted by Gasteiger charge is -2.21. The zero-order chi connectivity index (χ0) is 13.1. The van der Waals surface area contributed by atoms with Crippen LogP contribution in [0, 0.1) is 0 Å². The first kappa shape index (κ1) is 15.6. The lowest BCUT2D eigenvalue weighted by Crippen LogP contribution is -2.19. The first-order chi connectivity index (χ1) is 6.96. The van der Waals surface area contributed by atoms with Gasteiger partial charge in [0.2, 0.25) is 0 Å². The summed E-state index contributed by atoms with van der Waals surface area (Å²) in [5, 5.41) is -1.46. The van der Waals surface area contributed by atoms with Crippen molar-refractivity contribution in [2.24, 2.45) is 0 Å². The van der Waals surface area contributed by atoms with Crippen LogP contribution in [0.2, 0.25) is 0 Å². The second kappa shape index (κ2) is 5.28. The predicted molar refractivity (Wildman–Crippen MR) is 61.1 cm³/mol. The van der Waals surface area contributed by atoms with E-state index in [1.165, 1.54) is 20.3 Å². The highest BCUT2D eigenvalue weighted by Crippen LogP contribution is 2.60. The van der Waals surface area contributed by atoms with E-state index >= 15 is 0 Å². The van der Waals surface area contributed by atoms with Crippen molar-refractivity contribution in [1.29, 1.82) is 0 Å². The molecule has 94 valence electrons. The van der Waals surface area contributed by atoms with Crippen molar-refractivity contribution in [1.82, 2.24) is 0 Å². The molecule has 0 fully saturated rings. The second-order valence-corrected chi connectivity index (χ2v) is 9.58. The monoisotopic (exact) mass is 270 g/mol. The quantitative estimate of drug-likeness (QED) is 0.442. The van der Waals surface area contributed by atoms with Crippen molar-refractivity contribution < 1.29 is 28.4 Å². The predicted octanol–water partition coefficient (Wildman–Crippen LogP) is 1.23. The first-order valence-corrected chi connectivity index (χ1v) is 8.74. The molecule has 0 spiro atoms. The molecule has 0 heterocycles. The van der Waals surface area contributed by atoms with Gasteiger partial charge in [0, 0.05) is 5.57 Å². The smallest absolute Gasteiger partial charge is 0.339 e. The molecule has 0 saturated heterocycles. The van der Waals surface area contributed by atoms with Crippen molar-refractivity contribution in [3.05, 3.63) is 12.2 Å². The van der Waals surface area contributed by atoms with Crippen molar-refractivity contribution in [3.8, 4) is 0 Å². The fourth-order valence-electron chi connectivity index (χ4n) is 0.912. The molecule has 1 atom stereocenters. The maximum absolute atomic E-state index is 11.6. The van der Waals surface area contributed by atoms with Gasteiger partial charge in [-0.05, 0) is 20.3 Å². The van der Waals surface area contributed by atoms with E-state index in [9.17, 15) is 13.9 Å². The van der Waals surface area contributed by atoms with Gasteiger partial charge >= 0.3 is 13.6 Å². The normalized spacial score (nSPS) is 14.3. The summed E-state index contributed by atoms with van der Waals surface area (Å²) in [5.74, 6) is -0.757. The number of carbonyl (C=O) groups excluding carboxylic acids is 1. The van der Waals surface area contributed by atoms with E-state index in [2.05, 4.69) is 11.3 Å². The molecule has 0 aromatic carbocycles. The van der Waals surface area contributed by atoms with Gasteiger partial charge in [-0.3, -0.25) is 4.57 Å². The third kappa shape index (κ3) is 5.08. The Bertz CT molecular complexity index is 354. The minimum Gasteiger partial charge on any atom is -0.461 e. The van der Waals surface area contributed by atoms with Crippen LogP contribution in [0.15, 0.2) is 12.2 Å². The summed E-state index contributed by atoms with van der Waals surface area (Å²) in [5.41, 5.74) is 0.117. The van der Waals surface area contributed by atoms with Crippen LogP contribution in [0.5, 0.6) is 0 Å². The molecule has 0 aliphatic rings. The SMILES string of the molecule is C=C(C)C(=O)OCC(P(C)(C)=O)P(=O)(O)O. The molecule has 8 heteroatoms. The minimum absolute atomic E-state index is 0.117. The van der Waals surface area contributed by atoms with Crippen molar-refractivity contribution in [3.63, 3.8) is 0 Å². The number of ether oxygens (including phenoxy) is 1. The van der Waals surface area contributed by atoms with E-state index in [1.807, 2.05) is 0 Å². The van der Waals surface area contributed by atoms with E-state index in [4.69, 9.17) is 9.79 Å². The number of hydrogen-bond donors (Lipinski definition) is 2. The Morgan fingerprint density at radius 2 is 1.81 bits per heavy atom. The first-order valence-electron chi connectivity index (χ1n) is 4.38. The van der Waals surface area contributed by atoms with Crippen molar-refractivity contribution in [2.75, 3.05) is 19.9 Å². The molecular weight excluding hydrogens is 254 g/mol. The second-order valence-electron chi connectivity index (χ2n) is 3.88. The molecule has 0 aromatic rings. The standard InChI is InChI=1S/C8H16O6P2/c1-6(2)8(9)14-5-7(15(3,4)10)16(11,12)13/h7H,1,5H2,2-4H3,(H2,11,12,13). The van der Waals surface area contributed by atoms with Crippen LogP contribution < -0.4 is 0 Å². The van der Waals surface area contributed by atoms with Gasteiger partial charge in [0.25, 0.3) is 0 Å². The topological polar surface area (TPSA) is 101 Å². The average molecular weight is 270 g/mol. The van der Waals surface area contributed by atoms with Crippen LogP contribution in [-0.2, 0) is 18.7 Å². The van der Waals surface area contributed by atoms with Gasteiger partial charge in [-0.2, -0.15) is 0 Å². The lowest BCUT2D eigenvalue weighted by molar-refractivity contribution is -0.138. The van der Waals surface area contributed by atoms with E-state index < -0.39 is 32.7 Å². The zero-order valence-electron chi connectivity index (χ0n) is 9.41. The number of hydrogen-bond acceptors (Lipinski definition) is 4. The third-order valence-electron chi connectivity index (χ3n) is 1.82. The maximum Gasteiger partial charge on any atom is 0.339 e. The molecule has 0 radical (unpaired) electrons. The van der Waals surface area contributed by atoms with Gasteiger partial charge in [-0.15, -0.1) is 0 Å². The summed E-state index contributed by atoms with van der Waals surface area (Å²) in [7, 11) is -7.61. The van der Waals surface area contributed by atoms with Crippen LogP contribution >= 0.6 is 14.7 Å². The van der Waals surface area contributed by atoms with Gasteiger partial charge in [0.15, 0.2) is 0 Å². The number of carbonyl (C=O) groups is 1. The maximum atomic E-state index is 11.6. The van der Waals surface area contributed by atoms with Crippen LogP contribution in [0.25, 0.3) is 0 Å². The molecule has 0 bridgehead atoms. The highest BCUT2D eigenvalue weighted by atomic mass is 31.2. The number of rotatable bonds is 5. The zero-order valence-corrected chi connectivity index (χ0v) is 11.2. The Morgan fingerprint density at radius 3 is 2.06 bits per heavy atom. The molecule has 0 aliphatic heterocycles. The van der Waals surface area contributed by atoms with Crippen LogP contribution in [0.1, 0.15) is 6.92 Å². The van der Waals surface area contributed by atoms with Gasteiger partial charge in [0.1, 0.15) is 12.0 Å². The molecule has 6 nitrogen and oxygen atoms in total. The van der Waals surface area contributed by atoms with Gasteiger partial charge in [-0.25, -0.2) is 4.79 Å².